The molecule has 1 N–H and O–H groups in total. The van der Waals surface area contributed by atoms with Gasteiger partial charge in [0.05, 0.1) is 6.61 Å². The molecule has 0 aromatic heterocycles. The Morgan fingerprint density at radius 1 is 1.25 bits per heavy atom. The summed E-state index contributed by atoms with van der Waals surface area (Å²) in [5.41, 5.74) is 1.28. The minimum Gasteiger partial charge on any atom is -0.493 e. The maximum atomic E-state index is 5.85. The van der Waals surface area contributed by atoms with Crippen molar-refractivity contribution >= 4 is 5.69 Å². The second-order valence-corrected chi connectivity index (χ2v) is 5.59. The van der Waals surface area contributed by atoms with Gasteiger partial charge in [0.1, 0.15) is 5.75 Å². The predicted octanol–water partition coefficient (Wildman–Crippen LogP) is 1.82. The van der Waals surface area contributed by atoms with Crippen molar-refractivity contribution in [3.63, 3.8) is 0 Å². The highest BCUT2D eigenvalue weighted by molar-refractivity contribution is 5.50. The van der Waals surface area contributed by atoms with Crippen molar-refractivity contribution in [3.05, 3.63) is 24.3 Å². The number of hydrogen-bond acceptors (Lipinski definition) is 4. The van der Waals surface area contributed by atoms with Crippen LogP contribution in [0.5, 0.6) is 5.75 Å². The van der Waals surface area contributed by atoms with Crippen LogP contribution in [0.4, 0.5) is 5.69 Å². The number of benzene rings is 1. The molecule has 1 aliphatic rings. The molecule has 0 saturated carbocycles. The van der Waals surface area contributed by atoms with Crippen molar-refractivity contribution in [2.24, 2.45) is 0 Å². The van der Waals surface area contributed by atoms with Gasteiger partial charge in [-0.25, -0.2) is 0 Å². The summed E-state index contributed by atoms with van der Waals surface area (Å²) in [5, 5.41) is 3.44. The van der Waals surface area contributed by atoms with E-state index in [1.807, 2.05) is 0 Å². The van der Waals surface area contributed by atoms with Crippen molar-refractivity contribution in [3.8, 4) is 5.75 Å². The number of hydrogen-bond donors (Lipinski definition) is 1. The minimum atomic E-state index is 0.781. The van der Waals surface area contributed by atoms with Crippen LogP contribution in [0, 0.1) is 0 Å². The Bertz CT molecular complexity index is 387. The second kappa shape index (κ2) is 8.12. The van der Waals surface area contributed by atoms with Crippen LogP contribution in [0.15, 0.2) is 24.3 Å². The summed E-state index contributed by atoms with van der Waals surface area (Å²) in [4.78, 5) is 4.62. The lowest BCUT2D eigenvalue weighted by Gasteiger charge is -2.22. The van der Waals surface area contributed by atoms with E-state index < -0.39 is 0 Å². The first-order valence-electron chi connectivity index (χ1n) is 7.59. The third kappa shape index (κ3) is 5.02. The van der Waals surface area contributed by atoms with Crippen molar-refractivity contribution in [2.75, 3.05) is 58.3 Å². The third-order valence-electron chi connectivity index (χ3n) is 3.54. The Balaban J connectivity index is 1.86. The van der Waals surface area contributed by atoms with E-state index in [1.165, 1.54) is 12.1 Å². The largest absolute Gasteiger partial charge is 0.493 e. The van der Waals surface area contributed by atoms with Gasteiger partial charge in [-0.3, -0.25) is 0 Å². The van der Waals surface area contributed by atoms with E-state index in [2.05, 4.69) is 53.5 Å². The summed E-state index contributed by atoms with van der Waals surface area (Å²) in [5.74, 6) is 0.985. The summed E-state index contributed by atoms with van der Waals surface area (Å²) in [7, 11) is 4.18. The van der Waals surface area contributed by atoms with Crippen LogP contribution in [0.25, 0.3) is 0 Å². The number of nitrogens with zero attached hydrogens (tertiary/aromatic N) is 2. The Morgan fingerprint density at radius 3 is 3.00 bits per heavy atom. The van der Waals surface area contributed by atoms with Crippen molar-refractivity contribution in [1.82, 2.24) is 10.2 Å². The highest BCUT2D eigenvalue weighted by atomic mass is 16.5. The first kappa shape index (κ1) is 15.1. The molecule has 4 nitrogen and oxygen atoms in total. The molecule has 0 bridgehead atoms. The van der Waals surface area contributed by atoms with E-state index in [0.29, 0.717) is 0 Å². The highest BCUT2D eigenvalue weighted by Gasteiger charge is 2.09. The van der Waals surface area contributed by atoms with E-state index in [-0.39, 0.29) is 0 Å². The van der Waals surface area contributed by atoms with Crippen LogP contribution < -0.4 is 15.0 Å². The normalized spacial score (nSPS) is 16.2. The van der Waals surface area contributed by atoms with Gasteiger partial charge in [0.15, 0.2) is 0 Å². The second-order valence-electron chi connectivity index (χ2n) is 5.59. The zero-order valence-electron chi connectivity index (χ0n) is 12.8. The topological polar surface area (TPSA) is 27.7 Å². The number of nitrogens with one attached hydrogen (secondary N) is 1. The Hall–Kier alpha value is -1.26. The summed E-state index contributed by atoms with van der Waals surface area (Å²) < 4.78 is 5.85. The highest BCUT2D eigenvalue weighted by Crippen LogP contribution is 2.21. The lowest BCUT2D eigenvalue weighted by Crippen LogP contribution is -2.27. The zero-order chi connectivity index (χ0) is 14.2. The molecular formula is C16H27N3O. The van der Waals surface area contributed by atoms with Crippen LogP contribution in [-0.2, 0) is 0 Å². The van der Waals surface area contributed by atoms with Gasteiger partial charge in [-0.15, -0.1) is 0 Å². The predicted molar refractivity (Wildman–Crippen MR) is 84.8 cm³/mol. The smallest absolute Gasteiger partial charge is 0.121 e. The number of rotatable bonds is 6. The Morgan fingerprint density at radius 2 is 2.15 bits per heavy atom. The summed E-state index contributed by atoms with van der Waals surface area (Å²) >= 11 is 0. The van der Waals surface area contributed by atoms with Crippen molar-refractivity contribution in [2.45, 2.75) is 12.8 Å². The van der Waals surface area contributed by atoms with Gasteiger partial charge in [0.25, 0.3) is 0 Å². The summed E-state index contributed by atoms with van der Waals surface area (Å²) in [6.45, 7) is 6.23. The van der Waals surface area contributed by atoms with Crippen LogP contribution in [0.1, 0.15) is 12.8 Å². The Labute approximate surface area is 122 Å². The van der Waals surface area contributed by atoms with Gasteiger partial charge in [-0.2, -0.15) is 0 Å². The third-order valence-corrected chi connectivity index (χ3v) is 3.54. The fraction of sp³-hybridized carbons (Fsp3) is 0.625. The maximum absolute atomic E-state index is 5.85. The van der Waals surface area contributed by atoms with Crippen molar-refractivity contribution in [1.29, 1.82) is 0 Å². The van der Waals surface area contributed by atoms with E-state index in [0.717, 1.165) is 51.5 Å². The lowest BCUT2D eigenvalue weighted by molar-refractivity contribution is 0.281. The standard InChI is InChI=1S/C16H27N3O/c1-18(2)10-5-13-20-16-7-3-6-15(14-16)19-11-4-8-17-9-12-19/h3,6-7,14,17H,4-5,8-13H2,1-2H3. The van der Waals surface area contributed by atoms with E-state index >= 15 is 0 Å². The molecule has 0 amide bonds. The molecule has 1 fully saturated rings. The van der Waals surface area contributed by atoms with Gasteiger partial charge in [-0.1, -0.05) is 6.07 Å². The first-order valence-corrected chi connectivity index (χ1v) is 7.59. The van der Waals surface area contributed by atoms with Crippen LogP contribution in [0.3, 0.4) is 0 Å². The molecule has 0 aliphatic carbocycles. The SMILES string of the molecule is CN(C)CCCOc1cccc(N2CCCNCC2)c1. The molecule has 112 valence electrons. The monoisotopic (exact) mass is 277 g/mol. The van der Waals surface area contributed by atoms with Gasteiger partial charge >= 0.3 is 0 Å². The van der Waals surface area contributed by atoms with Crippen molar-refractivity contribution < 1.29 is 4.74 Å². The number of ether oxygens (including phenoxy) is 1. The van der Waals surface area contributed by atoms with Crippen LogP contribution >= 0.6 is 0 Å². The average molecular weight is 277 g/mol. The molecule has 20 heavy (non-hydrogen) atoms. The number of anilines is 1. The quantitative estimate of drug-likeness (QED) is 0.803. The minimum absolute atomic E-state index is 0.781. The average Bonchev–Trinajstić information content (AvgIpc) is 2.73. The van der Waals surface area contributed by atoms with Crippen LogP contribution in [-0.4, -0.2) is 58.3 Å². The molecule has 1 aromatic carbocycles. The summed E-state index contributed by atoms with van der Waals surface area (Å²) in [6, 6.07) is 8.49. The molecule has 4 heteroatoms. The molecular weight excluding hydrogens is 250 g/mol. The van der Waals surface area contributed by atoms with E-state index in [9.17, 15) is 0 Å². The van der Waals surface area contributed by atoms with Gasteiger partial charge < -0.3 is 19.9 Å². The Kier molecular flexibility index (Phi) is 6.15. The first-order chi connectivity index (χ1) is 9.75. The summed E-state index contributed by atoms with van der Waals surface area (Å²) in [6.07, 6.45) is 2.26. The molecule has 1 saturated heterocycles. The maximum Gasteiger partial charge on any atom is 0.121 e. The molecule has 1 aliphatic heterocycles. The van der Waals surface area contributed by atoms with E-state index in [1.54, 1.807) is 0 Å². The molecule has 0 radical (unpaired) electrons. The molecule has 0 atom stereocenters. The van der Waals surface area contributed by atoms with E-state index in [4.69, 9.17) is 4.74 Å². The van der Waals surface area contributed by atoms with Crippen LogP contribution in [0.2, 0.25) is 0 Å². The molecule has 0 spiro atoms. The fourth-order valence-corrected chi connectivity index (χ4v) is 2.44. The van der Waals surface area contributed by atoms with Gasteiger partial charge in [0, 0.05) is 37.9 Å². The zero-order valence-corrected chi connectivity index (χ0v) is 12.8. The molecule has 0 unspecified atom stereocenters. The molecule has 1 heterocycles. The van der Waals surface area contributed by atoms with Gasteiger partial charge in [-0.05, 0) is 45.6 Å². The molecule has 2 rings (SSSR count). The van der Waals surface area contributed by atoms with Gasteiger partial charge in [0.2, 0.25) is 0 Å². The molecule has 1 aromatic rings. The fourth-order valence-electron chi connectivity index (χ4n) is 2.44. The lowest BCUT2D eigenvalue weighted by atomic mass is 10.2.